The van der Waals surface area contributed by atoms with E-state index in [0.717, 1.165) is 15.7 Å². The lowest BCUT2D eigenvalue weighted by Crippen LogP contribution is -2.29. The second-order valence-corrected chi connectivity index (χ2v) is 5.70. The van der Waals surface area contributed by atoms with E-state index in [0.29, 0.717) is 0 Å². The molecule has 0 atom stereocenters. The molecule has 0 aliphatic heterocycles. The summed E-state index contributed by atoms with van der Waals surface area (Å²) in [4.78, 5) is 11.8. The molecule has 0 aliphatic carbocycles. The average molecular weight is 373 g/mol. The number of Topliss-reactive ketones (excluding diaryl/α,β-unsaturated/α-hetero) is 1. The number of carbonyl (C=O) groups is 1. The predicted molar refractivity (Wildman–Crippen MR) is 97.7 cm³/mol. The number of nitrogens with one attached hydrogen (secondary N) is 1. The molecule has 0 aromatic heterocycles. The summed E-state index contributed by atoms with van der Waals surface area (Å²) in [5, 5.41) is 9.85. The number of hydrogen-bond acceptors (Lipinski definition) is 4. The monoisotopic (exact) mass is 372 g/mol. The number of ketones is 1. The summed E-state index contributed by atoms with van der Waals surface area (Å²) in [5.41, 5.74) is 4.59. The smallest absolute Gasteiger partial charge is 0.211 e. The molecule has 0 bridgehead atoms. The van der Waals surface area contributed by atoms with Gasteiger partial charge in [-0.1, -0.05) is 46.3 Å². The van der Waals surface area contributed by atoms with Crippen LogP contribution in [0.4, 0.5) is 5.69 Å². The Morgan fingerprint density at radius 3 is 2.39 bits per heavy atom. The van der Waals surface area contributed by atoms with Crippen molar-refractivity contribution in [2.45, 2.75) is 6.92 Å². The van der Waals surface area contributed by atoms with E-state index in [9.17, 15) is 4.79 Å². The van der Waals surface area contributed by atoms with E-state index in [-0.39, 0.29) is 11.6 Å². The van der Waals surface area contributed by atoms with Crippen molar-refractivity contribution in [3.05, 3.63) is 64.6 Å². The van der Waals surface area contributed by atoms with Crippen LogP contribution in [0, 0.1) is 0 Å². The van der Waals surface area contributed by atoms with Crippen molar-refractivity contribution >= 4 is 39.5 Å². The molecule has 2 aromatic carbocycles. The van der Waals surface area contributed by atoms with Crippen LogP contribution in [0.1, 0.15) is 12.5 Å². The van der Waals surface area contributed by atoms with E-state index in [2.05, 4.69) is 31.6 Å². The Morgan fingerprint density at radius 1 is 1.13 bits per heavy atom. The van der Waals surface area contributed by atoms with Gasteiger partial charge in [0.05, 0.1) is 11.9 Å². The van der Waals surface area contributed by atoms with Crippen molar-refractivity contribution in [2.75, 3.05) is 12.5 Å². The van der Waals surface area contributed by atoms with Crippen LogP contribution in [-0.2, 0) is 4.79 Å². The van der Waals surface area contributed by atoms with Gasteiger partial charge in [-0.25, -0.2) is 5.01 Å². The lowest BCUT2D eigenvalue weighted by molar-refractivity contribution is -0.111. The standard InChI is InChI=1S/C17H17BrN4O/c1-13(23)17(21-20-16-6-4-3-5-7-16)22(2)19-12-14-8-10-15(18)11-9-14/h3-12,20H,1-2H3/b19-12+,21-17-. The molecule has 2 rings (SSSR count). The summed E-state index contributed by atoms with van der Waals surface area (Å²) < 4.78 is 1.00. The number of rotatable bonds is 5. The fourth-order valence-electron chi connectivity index (χ4n) is 1.77. The van der Waals surface area contributed by atoms with E-state index in [1.54, 1.807) is 13.3 Å². The van der Waals surface area contributed by atoms with Crippen molar-refractivity contribution in [3.8, 4) is 0 Å². The SMILES string of the molecule is CC(=O)/C(=N/Nc1ccccc1)N(C)/N=C/c1ccc(Br)cc1. The van der Waals surface area contributed by atoms with Crippen molar-refractivity contribution in [3.63, 3.8) is 0 Å². The van der Waals surface area contributed by atoms with Gasteiger partial charge in [0.2, 0.25) is 5.84 Å². The second-order valence-electron chi connectivity index (χ2n) is 4.79. The highest BCUT2D eigenvalue weighted by atomic mass is 79.9. The van der Waals surface area contributed by atoms with Crippen LogP contribution < -0.4 is 5.43 Å². The minimum atomic E-state index is -0.177. The number of hydrogen-bond donors (Lipinski definition) is 1. The largest absolute Gasteiger partial charge is 0.291 e. The highest BCUT2D eigenvalue weighted by Gasteiger charge is 2.11. The maximum atomic E-state index is 11.8. The summed E-state index contributed by atoms with van der Waals surface area (Å²) in [7, 11) is 1.68. The minimum Gasteiger partial charge on any atom is -0.291 e. The van der Waals surface area contributed by atoms with Crippen LogP contribution >= 0.6 is 15.9 Å². The topological polar surface area (TPSA) is 57.1 Å². The molecule has 2 aromatic rings. The third-order valence-electron chi connectivity index (χ3n) is 2.94. The number of amidine groups is 1. The molecular formula is C17H17BrN4O. The van der Waals surface area contributed by atoms with E-state index < -0.39 is 0 Å². The Labute approximate surface area is 143 Å². The van der Waals surface area contributed by atoms with Crippen LogP contribution in [0.3, 0.4) is 0 Å². The average Bonchev–Trinajstić information content (AvgIpc) is 2.55. The molecular weight excluding hydrogens is 356 g/mol. The molecule has 118 valence electrons. The van der Waals surface area contributed by atoms with Crippen molar-refractivity contribution < 1.29 is 4.79 Å². The fraction of sp³-hybridized carbons (Fsp3) is 0.118. The summed E-state index contributed by atoms with van der Waals surface area (Å²) in [6, 6.07) is 17.1. The predicted octanol–water partition coefficient (Wildman–Crippen LogP) is 3.73. The minimum absolute atomic E-state index is 0.177. The highest BCUT2D eigenvalue weighted by Crippen LogP contribution is 2.09. The van der Waals surface area contributed by atoms with Crippen molar-refractivity contribution in [2.24, 2.45) is 10.2 Å². The number of hydrazone groups is 2. The molecule has 0 aliphatic rings. The summed E-state index contributed by atoms with van der Waals surface area (Å²) in [6.07, 6.45) is 1.67. The van der Waals surface area contributed by atoms with E-state index in [4.69, 9.17) is 0 Å². The number of para-hydroxylation sites is 1. The molecule has 0 unspecified atom stereocenters. The van der Waals surface area contributed by atoms with Crippen LogP contribution in [-0.4, -0.2) is 29.9 Å². The first-order valence-electron chi connectivity index (χ1n) is 6.99. The maximum absolute atomic E-state index is 11.8. The molecule has 1 N–H and O–H groups in total. The quantitative estimate of drug-likeness (QED) is 0.494. The first-order valence-corrected chi connectivity index (χ1v) is 7.78. The molecule has 0 saturated carbocycles. The number of carbonyl (C=O) groups excluding carboxylic acids is 1. The zero-order chi connectivity index (χ0) is 16.7. The summed E-state index contributed by atoms with van der Waals surface area (Å²) >= 11 is 3.38. The second kappa shape index (κ2) is 8.24. The first-order chi connectivity index (χ1) is 11.1. The Balaban J connectivity index is 2.10. The third-order valence-corrected chi connectivity index (χ3v) is 3.46. The van der Waals surface area contributed by atoms with Crippen molar-refractivity contribution in [1.82, 2.24) is 5.01 Å². The third kappa shape index (κ3) is 5.34. The molecule has 0 spiro atoms. The molecule has 0 saturated heterocycles. The summed E-state index contributed by atoms with van der Waals surface area (Å²) in [6.45, 7) is 1.46. The van der Waals surface area contributed by atoms with Gasteiger partial charge in [-0.05, 0) is 29.8 Å². The highest BCUT2D eigenvalue weighted by molar-refractivity contribution is 9.10. The van der Waals surface area contributed by atoms with Crippen LogP contribution in [0.15, 0.2) is 69.3 Å². The van der Waals surface area contributed by atoms with Crippen LogP contribution in [0.25, 0.3) is 0 Å². The van der Waals surface area contributed by atoms with Gasteiger partial charge in [0.25, 0.3) is 0 Å². The fourth-order valence-corrected chi connectivity index (χ4v) is 2.03. The van der Waals surface area contributed by atoms with Gasteiger partial charge in [-0.15, -0.1) is 0 Å². The van der Waals surface area contributed by atoms with Gasteiger partial charge in [0.1, 0.15) is 0 Å². The zero-order valence-corrected chi connectivity index (χ0v) is 14.5. The number of halogens is 1. The molecule has 23 heavy (non-hydrogen) atoms. The summed E-state index contributed by atoms with van der Waals surface area (Å²) in [5.74, 6) is 0.0473. The van der Waals surface area contributed by atoms with Gasteiger partial charge in [-0.2, -0.15) is 10.2 Å². The molecule has 0 radical (unpaired) electrons. The van der Waals surface area contributed by atoms with E-state index in [1.165, 1.54) is 11.9 Å². The Bertz CT molecular complexity index is 711. The lowest BCUT2D eigenvalue weighted by Gasteiger charge is -2.13. The zero-order valence-electron chi connectivity index (χ0n) is 12.9. The normalized spacial score (nSPS) is 11.5. The lowest BCUT2D eigenvalue weighted by atomic mass is 10.2. The van der Waals surface area contributed by atoms with E-state index >= 15 is 0 Å². The Hall–Kier alpha value is -2.47. The maximum Gasteiger partial charge on any atom is 0.211 e. The van der Waals surface area contributed by atoms with Gasteiger partial charge in [0.15, 0.2) is 5.78 Å². The molecule has 6 heteroatoms. The van der Waals surface area contributed by atoms with Gasteiger partial charge < -0.3 is 0 Å². The number of anilines is 1. The molecule has 0 fully saturated rings. The number of benzene rings is 2. The van der Waals surface area contributed by atoms with Gasteiger partial charge >= 0.3 is 0 Å². The Morgan fingerprint density at radius 2 is 1.78 bits per heavy atom. The molecule has 0 amide bonds. The first kappa shape index (κ1) is 16.9. The van der Waals surface area contributed by atoms with Gasteiger partial charge in [-0.3, -0.25) is 10.2 Å². The van der Waals surface area contributed by atoms with Crippen molar-refractivity contribution in [1.29, 1.82) is 0 Å². The van der Waals surface area contributed by atoms with Crippen LogP contribution in [0.5, 0.6) is 0 Å². The van der Waals surface area contributed by atoms with Crippen LogP contribution in [0.2, 0.25) is 0 Å². The molecule has 5 nitrogen and oxygen atoms in total. The Kier molecular flexibility index (Phi) is 6.05. The number of nitrogens with zero attached hydrogens (tertiary/aromatic N) is 3. The number of likely N-dealkylation sites (N-methyl/N-ethyl adjacent to an activating group) is 1. The molecule has 0 heterocycles. The van der Waals surface area contributed by atoms with Gasteiger partial charge in [0, 0.05) is 18.4 Å². The van der Waals surface area contributed by atoms with E-state index in [1.807, 2.05) is 54.6 Å².